The van der Waals surface area contributed by atoms with Crippen LogP contribution in [0.5, 0.6) is 0 Å². The fourth-order valence-corrected chi connectivity index (χ4v) is 3.01. The summed E-state index contributed by atoms with van der Waals surface area (Å²) in [5, 5.41) is 23.0. The lowest BCUT2D eigenvalue weighted by atomic mass is 9.85. The van der Waals surface area contributed by atoms with Crippen LogP contribution >= 0.6 is 0 Å². The Morgan fingerprint density at radius 2 is 2.25 bits per heavy atom. The van der Waals surface area contributed by atoms with E-state index < -0.39 is 11.8 Å². The topological polar surface area (TPSA) is 88.4 Å². The zero-order valence-electron chi connectivity index (χ0n) is 11.3. The van der Waals surface area contributed by atoms with E-state index in [4.69, 9.17) is 5.11 Å². The number of rotatable bonds is 2. The van der Waals surface area contributed by atoms with Crippen molar-refractivity contribution in [1.29, 1.82) is 0 Å². The highest BCUT2D eigenvalue weighted by molar-refractivity contribution is 5.72. The first kappa shape index (κ1) is 13.4. The summed E-state index contributed by atoms with van der Waals surface area (Å²) in [4.78, 5) is 18.8. The Bertz CT molecular complexity index is 447. The van der Waals surface area contributed by atoms with Gasteiger partial charge in [0.1, 0.15) is 11.9 Å². The van der Waals surface area contributed by atoms with Crippen molar-refractivity contribution < 1.29 is 15.0 Å². The number of carbonyl (C=O) groups is 1. The molecule has 2 aliphatic heterocycles. The van der Waals surface area contributed by atoms with Gasteiger partial charge in [0, 0.05) is 32.0 Å². The number of amides is 1. The fourth-order valence-electron chi connectivity index (χ4n) is 3.01. The van der Waals surface area contributed by atoms with Gasteiger partial charge in [-0.2, -0.15) is 0 Å². The smallest absolute Gasteiger partial charge is 0.407 e. The van der Waals surface area contributed by atoms with Gasteiger partial charge in [0.15, 0.2) is 0 Å². The monoisotopic (exact) mass is 280 g/mol. The van der Waals surface area contributed by atoms with Crippen molar-refractivity contribution in [2.45, 2.75) is 37.2 Å². The van der Waals surface area contributed by atoms with Gasteiger partial charge in [-0.15, -0.1) is 0 Å². The highest BCUT2D eigenvalue weighted by Crippen LogP contribution is 2.38. The Kier molecular flexibility index (Phi) is 3.39. The summed E-state index contributed by atoms with van der Waals surface area (Å²) in [7, 11) is 0. The van der Waals surface area contributed by atoms with Crippen LogP contribution in [-0.4, -0.2) is 69.9 Å². The van der Waals surface area contributed by atoms with E-state index in [2.05, 4.69) is 10.3 Å². The molecule has 3 rings (SSSR count). The van der Waals surface area contributed by atoms with Crippen molar-refractivity contribution in [2.24, 2.45) is 4.99 Å². The molecule has 0 spiro atoms. The van der Waals surface area contributed by atoms with Crippen LogP contribution in [-0.2, 0) is 0 Å². The highest BCUT2D eigenvalue weighted by Gasteiger charge is 2.45. The Balaban J connectivity index is 1.75. The van der Waals surface area contributed by atoms with Crippen LogP contribution in [0.1, 0.15) is 19.3 Å². The first-order chi connectivity index (χ1) is 9.60. The second-order valence-electron chi connectivity index (χ2n) is 5.59. The summed E-state index contributed by atoms with van der Waals surface area (Å²) < 4.78 is 0. The Hall–Kier alpha value is -1.60. The molecule has 0 radical (unpaired) electrons. The Morgan fingerprint density at radius 1 is 1.45 bits per heavy atom. The zero-order chi connectivity index (χ0) is 14.2. The third-order valence-corrected chi connectivity index (χ3v) is 4.33. The number of carboxylic acid groups (broad SMARTS) is 1. The standard InChI is InChI=1S/C13H20N4O3/c18-12(19)16-8-6-14-10(9-16)11-15-5-2-7-17(11)13(20)3-1-4-13/h2,5,7,10-11,14,20H,1,3-4,6,8-9H2,(H,18,19). The summed E-state index contributed by atoms with van der Waals surface area (Å²) in [6.07, 6.45) is 6.70. The fraction of sp³-hybridized carbons (Fsp3) is 0.692. The molecule has 1 saturated carbocycles. The molecule has 0 aromatic carbocycles. The Labute approximate surface area is 117 Å². The summed E-state index contributed by atoms with van der Waals surface area (Å²) in [5.41, 5.74) is -0.827. The molecule has 7 nitrogen and oxygen atoms in total. The van der Waals surface area contributed by atoms with Gasteiger partial charge in [0.25, 0.3) is 0 Å². The first-order valence-electron chi connectivity index (χ1n) is 7.02. The maximum absolute atomic E-state index is 11.1. The number of piperazine rings is 1. The molecule has 3 N–H and O–H groups in total. The molecule has 1 aliphatic carbocycles. The third-order valence-electron chi connectivity index (χ3n) is 4.33. The molecule has 0 bridgehead atoms. The van der Waals surface area contributed by atoms with E-state index in [9.17, 15) is 9.90 Å². The van der Waals surface area contributed by atoms with Gasteiger partial charge < -0.3 is 25.3 Å². The average Bonchev–Trinajstić information content (AvgIpc) is 2.45. The lowest BCUT2D eigenvalue weighted by Crippen LogP contribution is -2.65. The number of aliphatic hydroxyl groups is 1. The molecule has 20 heavy (non-hydrogen) atoms. The number of hydrogen-bond donors (Lipinski definition) is 3. The van der Waals surface area contributed by atoms with Crippen molar-refractivity contribution in [1.82, 2.24) is 15.1 Å². The maximum atomic E-state index is 11.1. The van der Waals surface area contributed by atoms with Crippen LogP contribution in [0.4, 0.5) is 4.79 Å². The molecular weight excluding hydrogens is 260 g/mol. The highest BCUT2D eigenvalue weighted by atomic mass is 16.4. The van der Waals surface area contributed by atoms with Crippen LogP contribution in [0.15, 0.2) is 17.3 Å². The van der Waals surface area contributed by atoms with E-state index in [1.165, 1.54) is 4.90 Å². The molecule has 2 fully saturated rings. The van der Waals surface area contributed by atoms with Gasteiger partial charge in [0.05, 0.1) is 6.04 Å². The molecule has 7 heteroatoms. The molecule has 0 aromatic heterocycles. The average molecular weight is 280 g/mol. The van der Waals surface area contributed by atoms with Crippen LogP contribution in [0.3, 0.4) is 0 Å². The normalized spacial score (nSPS) is 32.0. The molecular formula is C13H20N4O3. The van der Waals surface area contributed by atoms with Crippen LogP contribution in [0.2, 0.25) is 0 Å². The first-order valence-corrected chi connectivity index (χ1v) is 7.02. The number of allylic oxidation sites excluding steroid dienone is 1. The minimum absolute atomic E-state index is 0.106. The number of aliphatic imine (C=N–C) groups is 1. The summed E-state index contributed by atoms with van der Waals surface area (Å²) in [6.45, 7) is 1.49. The van der Waals surface area contributed by atoms with Gasteiger partial charge in [-0.1, -0.05) is 0 Å². The maximum Gasteiger partial charge on any atom is 0.407 e. The predicted molar refractivity (Wildman–Crippen MR) is 73.4 cm³/mol. The summed E-state index contributed by atoms with van der Waals surface area (Å²) in [5.74, 6) is 0. The van der Waals surface area contributed by atoms with Crippen LogP contribution in [0.25, 0.3) is 0 Å². The van der Waals surface area contributed by atoms with Gasteiger partial charge in [-0.3, -0.25) is 4.99 Å². The summed E-state index contributed by atoms with van der Waals surface area (Å²) >= 11 is 0. The second-order valence-corrected chi connectivity index (χ2v) is 5.59. The third kappa shape index (κ3) is 2.27. The molecule has 110 valence electrons. The van der Waals surface area contributed by atoms with E-state index >= 15 is 0 Å². The molecule has 2 unspecified atom stereocenters. The van der Waals surface area contributed by atoms with Crippen molar-refractivity contribution in [3.63, 3.8) is 0 Å². The van der Waals surface area contributed by atoms with E-state index in [-0.39, 0.29) is 12.2 Å². The molecule has 3 aliphatic rings. The SMILES string of the molecule is O=C(O)N1CCNC(C2N=CC=CN2C2(O)CCC2)C1. The summed E-state index contributed by atoms with van der Waals surface area (Å²) in [6, 6.07) is -0.106. The van der Waals surface area contributed by atoms with Crippen LogP contribution in [0, 0.1) is 0 Å². The quantitative estimate of drug-likeness (QED) is 0.664. The largest absolute Gasteiger partial charge is 0.465 e. The van der Waals surface area contributed by atoms with Crippen molar-refractivity contribution in [3.05, 3.63) is 12.3 Å². The minimum Gasteiger partial charge on any atom is -0.465 e. The van der Waals surface area contributed by atoms with Crippen molar-refractivity contribution in [3.8, 4) is 0 Å². The van der Waals surface area contributed by atoms with Gasteiger partial charge in [-0.25, -0.2) is 4.79 Å². The van der Waals surface area contributed by atoms with Gasteiger partial charge in [-0.05, 0) is 25.3 Å². The lowest BCUT2D eigenvalue weighted by molar-refractivity contribution is -0.160. The molecule has 1 amide bonds. The Morgan fingerprint density at radius 3 is 2.90 bits per heavy atom. The number of hydrogen-bond acceptors (Lipinski definition) is 5. The van der Waals surface area contributed by atoms with E-state index in [0.29, 0.717) is 19.6 Å². The van der Waals surface area contributed by atoms with Crippen molar-refractivity contribution in [2.75, 3.05) is 19.6 Å². The van der Waals surface area contributed by atoms with E-state index in [0.717, 1.165) is 19.3 Å². The lowest BCUT2D eigenvalue weighted by Gasteiger charge is -2.51. The number of nitrogens with one attached hydrogen (secondary N) is 1. The minimum atomic E-state index is -0.902. The van der Waals surface area contributed by atoms with E-state index in [1.807, 2.05) is 17.2 Å². The predicted octanol–water partition coefficient (Wildman–Crippen LogP) is 0.0369. The zero-order valence-corrected chi connectivity index (χ0v) is 11.3. The van der Waals surface area contributed by atoms with E-state index in [1.54, 1.807) is 6.21 Å². The molecule has 0 aromatic rings. The number of nitrogens with zero attached hydrogens (tertiary/aromatic N) is 3. The molecule has 2 atom stereocenters. The van der Waals surface area contributed by atoms with Crippen molar-refractivity contribution >= 4 is 12.3 Å². The molecule has 1 saturated heterocycles. The van der Waals surface area contributed by atoms with Crippen LogP contribution < -0.4 is 5.32 Å². The molecule has 2 heterocycles. The van der Waals surface area contributed by atoms with Gasteiger partial charge in [0.2, 0.25) is 0 Å². The van der Waals surface area contributed by atoms with Gasteiger partial charge >= 0.3 is 6.09 Å². The second kappa shape index (κ2) is 5.06.